The summed E-state index contributed by atoms with van der Waals surface area (Å²) in [5.41, 5.74) is 0.865. The minimum absolute atomic E-state index is 0.114. The Morgan fingerprint density at radius 3 is 2.53 bits per heavy atom. The number of carbonyl (C=O) groups is 1. The first-order valence-corrected chi connectivity index (χ1v) is 7.35. The summed E-state index contributed by atoms with van der Waals surface area (Å²) in [7, 11) is 0. The average Bonchev–Trinajstić information content (AvgIpc) is 2.41. The maximum absolute atomic E-state index is 12.5. The maximum atomic E-state index is 12.5. The van der Waals surface area contributed by atoms with Crippen LogP contribution in [0, 0.1) is 28.1 Å². The Balaban J connectivity index is 1.98. The molecule has 17 heavy (non-hydrogen) atoms. The quantitative estimate of drug-likeness (QED) is 0.613. The predicted molar refractivity (Wildman–Crippen MR) is 69.7 cm³/mol. The van der Waals surface area contributed by atoms with Crippen molar-refractivity contribution in [3.8, 4) is 0 Å². The van der Waals surface area contributed by atoms with Gasteiger partial charge in [-0.15, -0.1) is 0 Å². The van der Waals surface area contributed by atoms with Gasteiger partial charge in [0, 0.05) is 11.8 Å². The van der Waals surface area contributed by atoms with Gasteiger partial charge in [-0.3, -0.25) is 4.79 Å². The van der Waals surface area contributed by atoms with Crippen LogP contribution in [0.15, 0.2) is 0 Å². The van der Waals surface area contributed by atoms with Crippen LogP contribution in [0.25, 0.3) is 0 Å². The van der Waals surface area contributed by atoms with E-state index in [2.05, 4.69) is 27.7 Å². The van der Waals surface area contributed by atoms with Gasteiger partial charge < -0.3 is 0 Å². The van der Waals surface area contributed by atoms with Crippen LogP contribution in [0.1, 0.15) is 66.2 Å². The van der Waals surface area contributed by atoms with Crippen molar-refractivity contribution in [2.75, 3.05) is 0 Å². The molecule has 3 saturated carbocycles. The van der Waals surface area contributed by atoms with E-state index in [4.69, 9.17) is 0 Å². The van der Waals surface area contributed by atoms with Crippen LogP contribution in [0.4, 0.5) is 0 Å². The highest BCUT2D eigenvalue weighted by molar-refractivity contribution is 5.88. The smallest absolute Gasteiger partial charge is 0.139 e. The van der Waals surface area contributed by atoms with Gasteiger partial charge in [0.2, 0.25) is 0 Å². The van der Waals surface area contributed by atoms with Gasteiger partial charge in [0.05, 0.1) is 0 Å². The molecule has 0 unspecified atom stereocenters. The Labute approximate surface area is 105 Å². The molecule has 3 aliphatic carbocycles. The molecular formula is C16H26O. The molecule has 0 aromatic heterocycles. The fourth-order valence-corrected chi connectivity index (χ4v) is 5.64. The summed E-state index contributed by atoms with van der Waals surface area (Å²) in [5.74, 6) is 2.09. The molecule has 0 amide bonds. The lowest BCUT2D eigenvalue weighted by Crippen LogP contribution is -2.64. The topological polar surface area (TPSA) is 17.1 Å². The zero-order valence-electron chi connectivity index (χ0n) is 11.8. The van der Waals surface area contributed by atoms with Crippen LogP contribution < -0.4 is 0 Å². The molecule has 0 N–H and O–H groups in total. The number of hydrogen-bond acceptors (Lipinski definition) is 1. The second-order valence-corrected chi connectivity index (χ2v) is 8.13. The molecule has 96 valence electrons. The van der Waals surface area contributed by atoms with Crippen LogP contribution in [-0.4, -0.2) is 5.78 Å². The standard InChI is InChI=1S/C16H26O/c1-14(2,3)11-6-7-13(17)16-9-5-8-15(16,4)10-12(11)16/h11-12H,5-10H2,1-4H3/t11-,12+,15-,16+/m1/s1. The van der Waals surface area contributed by atoms with Crippen molar-refractivity contribution in [2.24, 2.45) is 28.1 Å². The Hall–Kier alpha value is -0.330. The van der Waals surface area contributed by atoms with Gasteiger partial charge in [-0.25, -0.2) is 0 Å². The minimum Gasteiger partial charge on any atom is -0.299 e. The molecule has 0 heterocycles. The minimum atomic E-state index is 0.114. The molecule has 3 fully saturated rings. The summed E-state index contributed by atoms with van der Waals surface area (Å²) in [6.45, 7) is 9.49. The Morgan fingerprint density at radius 1 is 1.24 bits per heavy atom. The van der Waals surface area contributed by atoms with Crippen molar-refractivity contribution in [1.82, 2.24) is 0 Å². The van der Waals surface area contributed by atoms with E-state index in [0.717, 1.165) is 18.8 Å². The van der Waals surface area contributed by atoms with Gasteiger partial charge in [-0.1, -0.05) is 34.1 Å². The summed E-state index contributed by atoms with van der Waals surface area (Å²) in [5, 5.41) is 0. The van der Waals surface area contributed by atoms with Crippen LogP contribution in [0.3, 0.4) is 0 Å². The maximum Gasteiger partial charge on any atom is 0.139 e. The molecule has 0 bridgehead atoms. The van der Waals surface area contributed by atoms with Crippen LogP contribution in [0.5, 0.6) is 0 Å². The average molecular weight is 234 g/mol. The van der Waals surface area contributed by atoms with Crippen molar-refractivity contribution < 1.29 is 4.79 Å². The Bertz CT molecular complexity index is 364. The van der Waals surface area contributed by atoms with Crippen molar-refractivity contribution in [2.45, 2.75) is 66.2 Å². The van der Waals surface area contributed by atoms with E-state index in [1.54, 1.807) is 0 Å². The van der Waals surface area contributed by atoms with E-state index in [-0.39, 0.29) is 5.41 Å². The summed E-state index contributed by atoms with van der Waals surface area (Å²) in [6, 6.07) is 0. The van der Waals surface area contributed by atoms with Crippen LogP contribution in [0.2, 0.25) is 0 Å². The van der Waals surface area contributed by atoms with Crippen LogP contribution >= 0.6 is 0 Å². The molecule has 1 heteroatoms. The molecule has 3 aliphatic rings. The second kappa shape index (κ2) is 3.16. The predicted octanol–water partition coefficient (Wildman–Crippen LogP) is 4.21. The third-order valence-corrected chi connectivity index (χ3v) is 6.46. The van der Waals surface area contributed by atoms with E-state index in [0.29, 0.717) is 22.5 Å². The summed E-state index contributed by atoms with van der Waals surface area (Å²) < 4.78 is 0. The number of Topliss-reactive ketones (excluding diaryl/α,β-unsaturated/α-hetero) is 1. The lowest BCUT2D eigenvalue weighted by molar-refractivity contribution is -0.189. The first-order valence-electron chi connectivity index (χ1n) is 7.35. The molecule has 0 aliphatic heterocycles. The molecule has 4 atom stereocenters. The first kappa shape index (κ1) is 11.7. The van der Waals surface area contributed by atoms with Crippen molar-refractivity contribution in [3.05, 3.63) is 0 Å². The van der Waals surface area contributed by atoms with Gasteiger partial charge in [0.25, 0.3) is 0 Å². The molecule has 0 aromatic rings. The largest absolute Gasteiger partial charge is 0.299 e. The number of hydrogen-bond donors (Lipinski definition) is 0. The van der Waals surface area contributed by atoms with E-state index < -0.39 is 0 Å². The van der Waals surface area contributed by atoms with E-state index in [1.807, 2.05) is 0 Å². The molecule has 0 saturated heterocycles. The molecule has 3 rings (SSSR count). The summed E-state index contributed by atoms with van der Waals surface area (Å²) >= 11 is 0. The lowest BCUT2D eigenvalue weighted by atomic mass is 9.37. The number of ketones is 1. The Kier molecular flexibility index (Phi) is 2.18. The van der Waals surface area contributed by atoms with Gasteiger partial charge in [0.15, 0.2) is 0 Å². The molecule has 0 aromatic carbocycles. The van der Waals surface area contributed by atoms with Gasteiger partial charge in [-0.05, 0) is 48.3 Å². The SMILES string of the molecule is CC(C)(C)[C@@H]1CCC(=O)[C@@]23CCC[C@]2(C)C[C@@H]13. The van der Waals surface area contributed by atoms with Gasteiger partial charge in [-0.2, -0.15) is 0 Å². The van der Waals surface area contributed by atoms with Crippen molar-refractivity contribution in [3.63, 3.8) is 0 Å². The normalized spacial score (nSPS) is 49.5. The molecule has 1 spiro atoms. The number of carbonyl (C=O) groups excluding carboxylic acids is 1. The first-order chi connectivity index (χ1) is 7.81. The molecular weight excluding hydrogens is 208 g/mol. The molecule has 1 nitrogen and oxygen atoms in total. The van der Waals surface area contributed by atoms with E-state index in [9.17, 15) is 4.79 Å². The Morgan fingerprint density at radius 2 is 1.94 bits per heavy atom. The fourth-order valence-electron chi connectivity index (χ4n) is 5.64. The van der Waals surface area contributed by atoms with Gasteiger partial charge >= 0.3 is 0 Å². The summed E-state index contributed by atoms with van der Waals surface area (Å²) in [4.78, 5) is 12.5. The third kappa shape index (κ3) is 1.24. The van der Waals surface area contributed by atoms with Crippen LogP contribution in [-0.2, 0) is 4.79 Å². The highest BCUT2D eigenvalue weighted by atomic mass is 16.1. The number of rotatable bonds is 0. The highest BCUT2D eigenvalue weighted by Crippen LogP contribution is 2.75. The van der Waals surface area contributed by atoms with Crippen molar-refractivity contribution >= 4 is 5.78 Å². The van der Waals surface area contributed by atoms with Gasteiger partial charge in [0.1, 0.15) is 5.78 Å². The summed E-state index contributed by atoms with van der Waals surface area (Å²) in [6.07, 6.45) is 7.10. The monoisotopic (exact) mass is 234 g/mol. The fraction of sp³-hybridized carbons (Fsp3) is 0.938. The third-order valence-electron chi connectivity index (χ3n) is 6.46. The second-order valence-electron chi connectivity index (χ2n) is 8.13. The zero-order valence-corrected chi connectivity index (χ0v) is 11.8. The molecule has 0 radical (unpaired) electrons. The lowest BCUT2D eigenvalue weighted by Gasteiger charge is -2.65. The van der Waals surface area contributed by atoms with E-state index in [1.165, 1.54) is 25.7 Å². The van der Waals surface area contributed by atoms with Crippen molar-refractivity contribution in [1.29, 1.82) is 0 Å². The zero-order chi connectivity index (χ0) is 12.5. The highest BCUT2D eigenvalue weighted by Gasteiger charge is 2.71. The van der Waals surface area contributed by atoms with E-state index >= 15 is 0 Å².